The Morgan fingerprint density at radius 3 is 2.72 bits per heavy atom. The fourth-order valence-corrected chi connectivity index (χ4v) is 4.36. The Bertz CT molecular complexity index is 1360. The zero-order chi connectivity index (χ0) is 22.8. The van der Waals surface area contributed by atoms with Crippen molar-refractivity contribution in [1.29, 1.82) is 0 Å². The van der Waals surface area contributed by atoms with Crippen LogP contribution < -0.4 is 5.32 Å². The van der Waals surface area contributed by atoms with Gasteiger partial charge in [-0.3, -0.25) is 14.5 Å². The summed E-state index contributed by atoms with van der Waals surface area (Å²) in [5.74, 6) is -1.44. The van der Waals surface area contributed by atoms with Crippen LogP contribution in [0.1, 0.15) is 16.9 Å². The van der Waals surface area contributed by atoms with Gasteiger partial charge in [0, 0.05) is 29.0 Å². The van der Waals surface area contributed by atoms with E-state index in [2.05, 4.69) is 20.5 Å². The molecule has 0 aliphatic rings. The summed E-state index contributed by atoms with van der Waals surface area (Å²) in [5, 5.41) is 10.2. The monoisotopic (exact) mass is 471 g/mol. The summed E-state index contributed by atoms with van der Waals surface area (Å²) in [6, 6.07) is 11.5. The van der Waals surface area contributed by atoms with Crippen LogP contribution in [0.5, 0.6) is 0 Å². The van der Waals surface area contributed by atoms with E-state index in [1.807, 2.05) is 38.1 Å². The second-order valence-electron chi connectivity index (χ2n) is 7.22. The van der Waals surface area contributed by atoms with Crippen LogP contribution >= 0.6 is 23.6 Å². The van der Waals surface area contributed by atoms with Gasteiger partial charge in [-0.25, -0.2) is 13.8 Å². The first kappa shape index (κ1) is 22.0. The average Bonchev–Trinajstić information content (AvgIpc) is 3.30. The summed E-state index contributed by atoms with van der Waals surface area (Å²) in [4.78, 5) is 17.7. The second-order valence-corrected chi connectivity index (χ2v) is 8.81. The summed E-state index contributed by atoms with van der Waals surface area (Å²) in [6.45, 7) is 4.14. The van der Waals surface area contributed by atoms with Crippen molar-refractivity contribution in [3.05, 3.63) is 69.3 Å². The number of amides is 1. The molecule has 0 radical (unpaired) electrons. The molecule has 0 spiro atoms. The molecule has 0 fully saturated rings. The Morgan fingerprint density at radius 2 is 1.97 bits per heavy atom. The van der Waals surface area contributed by atoms with E-state index in [0.29, 0.717) is 33.5 Å². The zero-order valence-corrected chi connectivity index (χ0v) is 18.9. The molecule has 2 aromatic carbocycles. The van der Waals surface area contributed by atoms with E-state index in [1.54, 1.807) is 4.57 Å². The predicted molar refractivity (Wildman–Crippen MR) is 123 cm³/mol. The van der Waals surface area contributed by atoms with Gasteiger partial charge in [-0.1, -0.05) is 23.8 Å². The van der Waals surface area contributed by atoms with Gasteiger partial charge in [0.05, 0.1) is 5.69 Å². The molecular formula is C22H19F2N5OS2. The highest BCUT2D eigenvalue weighted by molar-refractivity contribution is 7.71. The van der Waals surface area contributed by atoms with Gasteiger partial charge < -0.3 is 5.32 Å². The molecule has 0 unspecified atom stereocenters. The summed E-state index contributed by atoms with van der Waals surface area (Å²) < 4.78 is 29.0. The Labute approximate surface area is 192 Å². The van der Waals surface area contributed by atoms with Crippen molar-refractivity contribution in [2.45, 2.75) is 26.8 Å². The lowest BCUT2D eigenvalue weighted by atomic mass is 10.1. The van der Waals surface area contributed by atoms with E-state index in [0.717, 1.165) is 28.1 Å². The summed E-state index contributed by atoms with van der Waals surface area (Å²) >= 11 is 6.60. The largest absolute Gasteiger partial charge is 0.302 e. The number of hydrogen-bond donors (Lipinski definition) is 2. The number of H-pyrrole nitrogens is 1. The highest BCUT2D eigenvalue weighted by atomic mass is 32.1. The number of carbonyl (C=O) groups excluding carboxylic acids is 1. The minimum Gasteiger partial charge on any atom is -0.302 e. The third kappa shape index (κ3) is 4.66. The number of aromatic nitrogens is 4. The van der Waals surface area contributed by atoms with Gasteiger partial charge in [-0.15, -0.1) is 11.3 Å². The molecular weight excluding hydrogens is 452 g/mol. The predicted octanol–water partition coefficient (Wildman–Crippen LogP) is 5.66. The summed E-state index contributed by atoms with van der Waals surface area (Å²) in [7, 11) is 0. The molecule has 0 aliphatic carbocycles. The molecule has 0 saturated carbocycles. The van der Waals surface area contributed by atoms with Gasteiger partial charge in [0.15, 0.2) is 27.4 Å². The Hall–Kier alpha value is -3.24. The van der Waals surface area contributed by atoms with Crippen LogP contribution in [0.25, 0.3) is 22.6 Å². The fourth-order valence-electron chi connectivity index (χ4n) is 3.29. The number of thiazole rings is 1. The molecule has 4 rings (SSSR count). The molecule has 1 amide bonds. The molecule has 2 heterocycles. The number of aryl methyl sites for hydroxylation is 2. The Morgan fingerprint density at radius 1 is 1.16 bits per heavy atom. The fraction of sp³-hybridized carbons (Fsp3) is 0.182. The van der Waals surface area contributed by atoms with Crippen LogP contribution in [0.2, 0.25) is 0 Å². The first-order valence-electron chi connectivity index (χ1n) is 9.77. The van der Waals surface area contributed by atoms with Crippen LogP contribution in [0, 0.1) is 30.3 Å². The van der Waals surface area contributed by atoms with Crippen LogP contribution in [0.3, 0.4) is 0 Å². The van der Waals surface area contributed by atoms with Crippen molar-refractivity contribution in [2.75, 3.05) is 5.32 Å². The smallest absolute Gasteiger partial charge is 0.227 e. The third-order valence-corrected chi connectivity index (χ3v) is 6.03. The minimum absolute atomic E-state index is 0.159. The number of rotatable bonds is 6. The summed E-state index contributed by atoms with van der Waals surface area (Å²) in [6.07, 6.45) is 0.159. The topological polar surface area (TPSA) is 75.6 Å². The van der Waals surface area contributed by atoms with Gasteiger partial charge in [-0.2, -0.15) is 5.10 Å². The van der Waals surface area contributed by atoms with Crippen LogP contribution in [0.15, 0.2) is 42.5 Å². The van der Waals surface area contributed by atoms with Crippen LogP contribution in [-0.4, -0.2) is 25.7 Å². The number of aromatic amines is 1. The number of benzene rings is 2. The molecule has 0 atom stereocenters. The minimum atomic E-state index is -0.943. The van der Waals surface area contributed by atoms with E-state index >= 15 is 0 Å². The first-order valence-corrected chi connectivity index (χ1v) is 11.0. The molecule has 164 valence electrons. The molecule has 10 heteroatoms. The molecule has 2 aromatic heterocycles. The van der Waals surface area contributed by atoms with Crippen molar-refractivity contribution in [3.8, 4) is 22.6 Å². The lowest BCUT2D eigenvalue weighted by molar-refractivity contribution is -0.116. The van der Waals surface area contributed by atoms with E-state index < -0.39 is 11.6 Å². The normalized spacial score (nSPS) is 11.0. The van der Waals surface area contributed by atoms with Gasteiger partial charge >= 0.3 is 0 Å². The number of nitrogens with one attached hydrogen (secondary N) is 2. The summed E-state index contributed by atoms with van der Waals surface area (Å²) in [5.41, 5.74) is 2.95. The molecule has 32 heavy (non-hydrogen) atoms. The second kappa shape index (κ2) is 9.09. The Balaban J connectivity index is 1.46. The van der Waals surface area contributed by atoms with Gasteiger partial charge in [0.25, 0.3) is 0 Å². The van der Waals surface area contributed by atoms with Crippen molar-refractivity contribution in [3.63, 3.8) is 0 Å². The average molecular weight is 472 g/mol. The third-order valence-electron chi connectivity index (χ3n) is 4.83. The lowest BCUT2D eigenvalue weighted by Gasteiger charge is -2.07. The van der Waals surface area contributed by atoms with E-state index in [4.69, 9.17) is 12.2 Å². The van der Waals surface area contributed by atoms with Gasteiger partial charge in [-0.05, 0) is 50.3 Å². The lowest BCUT2D eigenvalue weighted by Crippen LogP contribution is -2.15. The quantitative estimate of drug-likeness (QED) is 0.356. The maximum absolute atomic E-state index is 13.6. The maximum Gasteiger partial charge on any atom is 0.227 e. The highest BCUT2D eigenvalue weighted by Gasteiger charge is 2.15. The van der Waals surface area contributed by atoms with Crippen molar-refractivity contribution >= 4 is 34.6 Å². The number of nitrogens with zero attached hydrogens (tertiary/aromatic N) is 3. The van der Waals surface area contributed by atoms with Gasteiger partial charge in [0.1, 0.15) is 0 Å². The van der Waals surface area contributed by atoms with E-state index in [9.17, 15) is 13.6 Å². The number of halogens is 2. The molecule has 2 N–H and O–H groups in total. The Kier molecular flexibility index (Phi) is 6.24. The first-order chi connectivity index (χ1) is 15.3. The standard InChI is InChI=1S/C22H19F2N5OS2/c1-12-4-3-5-15(10-12)20-27-28-22(31)29(20)9-8-18(30)25-21-26-19(13(2)32-21)14-6-7-16(23)17(24)11-14/h3-7,10-11H,8-9H2,1-2H3,(H,28,31)(H,25,26,30). The molecule has 0 bridgehead atoms. The van der Waals surface area contributed by atoms with Gasteiger partial charge in [0.2, 0.25) is 5.91 Å². The molecule has 4 aromatic rings. The SMILES string of the molecule is Cc1cccc(-c2n[nH]c(=S)n2CCC(=O)Nc2nc(-c3ccc(F)c(F)c3)c(C)s2)c1. The highest BCUT2D eigenvalue weighted by Crippen LogP contribution is 2.31. The zero-order valence-electron chi connectivity index (χ0n) is 17.3. The molecule has 6 nitrogen and oxygen atoms in total. The number of hydrogen-bond acceptors (Lipinski definition) is 5. The molecule has 0 saturated heterocycles. The van der Waals surface area contributed by atoms with Crippen LogP contribution in [0.4, 0.5) is 13.9 Å². The number of anilines is 1. The van der Waals surface area contributed by atoms with Crippen molar-refractivity contribution < 1.29 is 13.6 Å². The maximum atomic E-state index is 13.6. The van der Waals surface area contributed by atoms with Crippen molar-refractivity contribution in [1.82, 2.24) is 19.7 Å². The van der Waals surface area contributed by atoms with Crippen molar-refractivity contribution in [2.24, 2.45) is 0 Å². The number of carbonyl (C=O) groups is 1. The van der Waals surface area contributed by atoms with E-state index in [-0.39, 0.29) is 12.3 Å². The van der Waals surface area contributed by atoms with Crippen LogP contribution in [-0.2, 0) is 11.3 Å². The molecule has 0 aliphatic heterocycles. The van der Waals surface area contributed by atoms with E-state index in [1.165, 1.54) is 17.4 Å².